The van der Waals surface area contributed by atoms with E-state index in [4.69, 9.17) is 4.74 Å². The molecule has 1 aliphatic heterocycles. The van der Waals surface area contributed by atoms with E-state index in [1.807, 2.05) is 0 Å². The largest absolute Gasteiger partial charge is 0.480 e. The molecule has 1 heterocycles. The van der Waals surface area contributed by atoms with Crippen LogP contribution < -0.4 is 5.32 Å². The van der Waals surface area contributed by atoms with E-state index in [0.29, 0.717) is 13.0 Å². The van der Waals surface area contributed by atoms with Gasteiger partial charge < -0.3 is 24.6 Å². The number of hydrogen-bond acceptors (Lipinski definition) is 7. The predicted molar refractivity (Wildman–Crippen MR) is 75.2 cm³/mol. The van der Waals surface area contributed by atoms with Gasteiger partial charge in [0, 0.05) is 12.5 Å². The van der Waals surface area contributed by atoms with Crippen molar-refractivity contribution in [3.05, 3.63) is 0 Å². The van der Waals surface area contributed by atoms with Gasteiger partial charge in [0.2, 0.25) is 5.91 Å². The standard InChI is InChI=1S/C14H21NO8/c1-7(9(13(19)21-2)14(20)22-3)10(12(17)18)15-11(16)8-4-5-23-6-8/h7-10H,4-6H2,1-3H3,(H,15,16)(H,17,18)/t7-,8+,10+/m0/s1. The van der Waals surface area contributed by atoms with Gasteiger partial charge in [-0.2, -0.15) is 0 Å². The van der Waals surface area contributed by atoms with E-state index in [2.05, 4.69) is 14.8 Å². The third-order valence-electron chi connectivity index (χ3n) is 3.83. The number of esters is 2. The van der Waals surface area contributed by atoms with E-state index < -0.39 is 47.6 Å². The molecular weight excluding hydrogens is 310 g/mol. The quantitative estimate of drug-likeness (QED) is 0.458. The third kappa shape index (κ3) is 4.65. The average Bonchev–Trinajstić information content (AvgIpc) is 3.05. The molecule has 9 heteroatoms. The minimum atomic E-state index is -1.45. The Morgan fingerprint density at radius 3 is 2.13 bits per heavy atom. The molecule has 1 amide bonds. The monoisotopic (exact) mass is 331 g/mol. The van der Waals surface area contributed by atoms with Crippen LogP contribution in [0.2, 0.25) is 0 Å². The van der Waals surface area contributed by atoms with Crippen LogP contribution in [0.4, 0.5) is 0 Å². The summed E-state index contributed by atoms with van der Waals surface area (Å²) in [5.41, 5.74) is 0. The van der Waals surface area contributed by atoms with Gasteiger partial charge in [0.25, 0.3) is 0 Å². The van der Waals surface area contributed by atoms with Crippen LogP contribution in [0.15, 0.2) is 0 Å². The summed E-state index contributed by atoms with van der Waals surface area (Å²) in [6, 6.07) is -1.44. The molecule has 0 bridgehead atoms. The van der Waals surface area contributed by atoms with Crippen LogP contribution >= 0.6 is 0 Å². The normalized spacial score (nSPS) is 19.7. The first-order valence-electron chi connectivity index (χ1n) is 7.10. The van der Waals surface area contributed by atoms with Crippen molar-refractivity contribution in [2.45, 2.75) is 19.4 Å². The van der Waals surface area contributed by atoms with Gasteiger partial charge in [-0.1, -0.05) is 6.92 Å². The van der Waals surface area contributed by atoms with Crippen LogP contribution in [-0.2, 0) is 33.4 Å². The Morgan fingerprint density at radius 1 is 1.17 bits per heavy atom. The van der Waals surface area contributed by atoms with Crippen LogP contribution in [0.5, 0.6) is 0 Å². The first-order chi connectivity index (χ1) is 10.8. The molecule has 0 spiro atoms. The number of nitrogens with one attached hydrogen (secondary N) is 1. The number of carboxylic acids is 1. The molecule has 1 rings (SSSR count). The highest BCUT2D eigenvalue weighted by Crippen LogP contribution is 2.21. The second-order valence-electron chi connectivity index (χ2n) is 5.27. The van der Waals surface area contributed by atoms with Crippen LogP contribution in [0.3, 0.4) is 0 Å². The van der Waals surface area contributed by atoms with E-state index in [-0.39, 0.29) is 6.61 Å². The fraction of sp³-hybridized carbons (Fsp3) is 0.714. The van der Waals surface area contributed by atoms with Crippen molar-refractivity contribution in [3.8, 4) is 0 Å². The number of ether oxygens (including phenoxy) is 3. The van der Waals surface area contributed by atoms with E-state index >= 15 is 0 Å². The third-order valence-corrected chi connectivity index (χ3v) is 3.83. The molecule has 130 valence electrons. The first-order valence-corrected chi connectivity index (χ1v) is 7.10. The van der Waals surface area contributed by atoms with Crippen molar-refractivity contribution in [2.75, 3.05) is 27.4 Å². The topological polar surface area (TPSA) is 128 Å². The Labute approximate surface area is 133 Å². The van der Waals surface area contributed by atoms with Crippen molar-refractivity contribution in [1.82, 2.24) is 5.32 Å². The summed E-state index contributed by atoms with van der Waals surface area (Å²) < 4.78 is 14.1. The second-order valence-corrected chi connectivity index (χ2v) is 5.27. The van der Waals surface area contributed by atoms with Gasteiger partial charge in [0.05, 0.1) is 26.7 Å². The maximum Gasteiger partial charge on any atom is 0.326 e. The maximum atomic E-state index is 12.1. The summed E-state index contributed by atoms with van der Waals surface area (Å²) in [6.45, 7) is 2.00. The zero-order valence-corrected chi connectivity index (χ0v) is 13.2. The highest BCUT2D eigenvalue weighted by atomic mass is 16.5. The van der Waals surface area contributed by atoms with Crippen molar-refractivity contribution in [2.24, 2.45) is 17.8 Å². The lowest BCUT2D eigenvalue weighted by Crippen LogP contribution is -2.51. The molecule has 1 fully saturated rings. The van der Waals surface area contributed by atoms with Crippen LogP contribution in [0.25, 0.3) is 0 Å². The molecule has 3 atom stereocenters. The number of carbonyl (C=O) groups excluding carboxylic acids is 3. The zero-order chi connectivity index (χ0) is 17.6. The van der Waals surface area contributed by atoms with Crippen molar-refractivity contribution in [1.29, 1.82) is 0 Å². The molecule has 9 nitrogen and oxygen atoms in total. The van der Waals surface area contributed by atoms with Crippen molar-refractivity contribution in [3.63, 3.8) is 0 Å². The van der Waals surface area contributed by atoms with Gasteiger partial charge >= 0.3 is 17.9 Å². The highest BCUT2D eigenvalue weighted by Gasteiger charge is 2.42. The summed E-state index contributed by atoms with van der Waals surface area (Å²) >= 11 is 0. The fourth-order valence-corrected chi connectivity index (χ4v) is 2.40. The van der Waals surface area contributed by atoms with Crippen LogP contribution in [-0.4, -0.2) is 62.4 Å². The van der Waals surface area contributed by atoms with Gasteiger partial charge in [0.15, 0.2) is 5.92 Å². The molecule has 0 aromatic rings. The van der Waals surface area contributed by atoms with Gasteiger partial charge in [-0.25, -0.2) is 4.79 Å². The molecule has 0 aliphatic carbocycles. The summed E-state index contributed by atoms with van der Waals surface area (Å²) in [5.74, 6) is -6.65. The number of hydrogen-bond donors (Lipinski definition) is 2. The minimum absolute atomic E-state index is 0.212. The number of amides is 1. The zero-order valence-electron chi connectivity index (χ0n) is 13.2. The second kappa shape index (κ2) is 8.47. The molecule has 2 N–H and O–H groups in total. The Bertz CT molecular complexity index is 455. The number of methoxy groups -OCH3 is 2. The fourth-order valence-electron chi connectivity index (χ4n) is 2.40. The van der Waals surface area contributed by atoms with E-state index in [0.717, 1.165) is 14.2 Å². The van der Waals surface area contributed by atoms with Gasteiger partial charge in [-0.3, -0.25) is 14.4 Å². The highest BCUT2D eigenvalue weighted by molar-refractivity contribution is 5.96. The smallest absolute Gasteiger partial charge is 0.326 e. The summed E-state index contributed by atoms with van der Waals surface area (Å²) in [7, 11) is 2.16. The molecule has 0 aromatic heterocycles. The molecule has 0 radical (unpaired) electrons. The van der Waals surface area contributed by atoms with Crippen molar-refractivity contribution < 1.29 is 38.5 Å². The summed E-state index contributed by atoms with van der Waals surface area (Å²) in [5, 5.41) is 11.7. The van der Waals surface area contributed by atoms with Gasteiger partial charge in [-0.05, 0) is 6.42 Å². The molecule has 0 aromatic carbocycles. The molecule has 1 saturated heterocycles. The SMILES string of the molecule is COC(=O)C(C(=O)OC)[C@H](C)[C@@H](NC(=O)[C@@H]1CCOC1)C(=O)O. The van der Waals surface area contributed by atoms with Crippen LogP contribution in [0, 0.1) is 17.8 Å². The lowest BCUT2D eigenvalue weighted by atomic mass is 9.87. The molecule has 1 aliphatic rings. The summed E-state index contributed by atoms with van der Waals surface area (Å²) in [6.07, 6.45) is 0.490. The first kappa shape index (κ1) is 18.9. The van der Waals surface area contributed by atoms with E-state index in [9.17, 15) is 24.3 Å². The minimum Gasteiger partial charge on any atom is -0.480 e. The van der Waals surface area contributed by atoms with E-state index in [1.165, 1.54) is 6.92 Å². The lowest BCUT2D eigenvalue weighted by molar-refractivity contribution is -0.163. The molecular formula is C14H21NO8. The number of carboxylic acid groups (broad SMARTS) is 1. The van der Waals surface area contributed by atoms with Gasteiger partial charge in [-0.15, -0.1) is 0 Å². The number of aliphatic carboxylic acids is 1. The lowest BCUT2D eigenvalue weighted by Gasteiger charge is -2.26. The maximum absolute atomic E-state index is 12.1. The Kier molecular flexibility index (Phi) is 6.95. The molecule has 23 heavy (non-hydrogen) atoms. The van der Waals surface area contributed by atoms with E-state index in [1.54, 1.807) is 0 Å². The number of rotatable bonds is 7. The Hall–Kier alpha value is -2.16. The Balaban J connectivity index is 2.92. The number of carbonyl (C=O) groups is 4. The predicted octanol–water partition coefficient (Wildman–Crippen LogP) is -0.809. The molecule has 0 unspecified atom stereocenters. The van der Waals surface area contributed by atoms with Crippen LogP contribution in [0.1, 0.15) is 13.3 Å². The van der Waals surface area contributed by atoms with Crippen molar-refractivity contribution >= 4 is 23.8 Å². The molecule has 0 saturated carbocycles. The average molecular weight is 331 g/mol. The van der Waals surface area contributed by atoms with Gasteiger partial charge in [0.1, 0.15) is 6.04 Å². The Morgan fingerprint density at radius 2 is 1.74 bits per heavy atom. The summed E-state index contributed by atoms with van der Waals surface area (Å²) in [4.78, 5) is 47.1.